The number of rotatable bonds is 8. The number of nitrogens with one attached hydrogen (secondary N) is 2. The normalized spacial score (nSPS) is 13.9. The Morgan fingerprint density at radius 3 is 2.48 bits per heavy atom. The quantitative estimate of drug-likeness (QED) is 0.236. The molecule has 1 aliphatic heterocycles. The Kier molecular flexibility index (Phi) is 8.81. The molecule has 1 saturated heterocycles. The van der Waals surface area contributed by atoms with Crippen molar-refractivity contribution in [2.75, 3.05) is 41.8 Å². The summed E-state index contributed by atoms with van der Waals surface area (Å²) in [6.45, 7) is 0.622. The van der Waals surface area contributed by atoms with E-state index in [2.05, 4.69) is 15.7 Å². The first-order valence-corrected chi connectivity index (χ1v) is 13.6. The van der Waals surface area contributed by atoms with E-state index in [0.717, 1.165) is 16.8 Å². The summed E-state index contributed by atoms with van der Waals surface area (Å²) < 4.78 is 59.8. The number of carbonyl (C=O) groups excluding carboxylic acids is 2. The molecule has 1 aliphatic rings. The van der Waals surface area contributed by atoms with E-state index in [9.17, 15) is 37.1 Å². The van der Waals surface area contributed by atoms with Gasteiger partial charge >= 0.3 is 12.1 Å². The standard InChI is InChI=1S/C30H27F4N5O5/c31-20-7-8-22(19(14-20)16-26(40)41)35-28(42)18-6-9-25(38-10-3-12-44-13-11-38)23(15-18)36-29(43)27-21-4-1-2-5-24(21)39(37-27)17-30(32,33)34/h1-2,4-9,14-15H,3,10-13,16-17H2,(H,35,42)(H,36,43)(H,40,41). The van der Waals surface area contributed by atoms with Crippen molar-refractivity contribution in [3.8, 4) is 0 Å². The molecule has 1 aromatic heterocycles. The Balaban J connectivity index is 1.49. The summed E-state index contributed by atoms with van der Waals surface area (Å²) in [5.41, 5.74) is 0.880. The number of carbonyl (C=O) groups is 3. The van der Waals surface area contributed by atoms with E-state index in [1.54, 1.807) is 18.2 Å². The topological polar surface area (TPSA) is 126 Å². The summed E-state index contributed by atoms with van der Waals surface area (Å²) >= 11 is 0. The first-order valence-electron chi connectivity index (χ1n) is 13.6. The van der Waals surface area contributed by atoms with Crippen molar-refractivity contribution >= 4 is 45.7 Å². The summed E-state index contributed by atoms with van der Waals surface area (Å²) in [4.78, 5) is 40.1. The molecule has 44 heavy (non-hydrogen) atoms. The number of fused-ring (bicyclic) bond motifs is 1. The number of anilines is 3. The molecule has 0 bridgehead atoms. The number of ether oxygens (including phenoxy) is 1. The second kappa shape index (κ2) is 12.7. The van der Waals surface area contributed by atoms with Crippen LogP contribution in [-0.2, 0) is 22.5 Å². The van der Waals surface area contributed by atoms with E-state index in [-0.39, 0.29) is 39.1 Å². The van der Waals surface area contributed by atoms with Gasteiger partial charge in [0.1, 0.15) is 12.4 Å². The van der Waals surface area contributed by atoms with Gasteiger partial charge in [0, 0.05) is 36.3 Å². The van der Waals surface area contributed by atoms with Gasteiger partial charge in [0.25, 0.3) is 11.8 Å². The second-order valence-electron chi connectivity index (χ2n) is 10.1. The zero-order valence-corrected chi connectivity index (χ0v) is 23.2. The monoisotopic (exact) mass is 613 g/mol. The number of alkyl halides is 3. The lowest BCUT2D eigenvalue weighted by atomic mass is 10.1. The SMILES string of the molecule is O=C(O)Cc1cc(F)ccc1NC(=O)c1ccc(N2CCCOCC2)c(NC(=O)c2nn(CC(F)(F)F)c3ccccc23)c1. The molecule has 4 aromatic rings. The lowest BCUT2D eigenvalue weighted by molar-refractivity contribution is -0.142. The van der Waals surface area contributed by atoms with Gasteiger partial charge in [-0.05, 0) is 54.4 Å². The Morgan fingerprint density at radius 2 is 1.70 bits per heavy atom. The van der Waals surface area contributed by atoms with Crippen LogP contribution in [0, 0.1) is 5.82 Å². The molecule has 3 N–H and O–H groups in total. The summed E-state index contributed by atoms with van der Waals surface area (Å²) in [6, 6.07) is 14.0. The zero-order chi connectivity index (χ0) is 31.4. The molecule has 230 valence electrons. The fourth-order valence-electron chi connectivity index (χ4n) is 5.00. The molecule has 0 radical (unpaired) electrons. The molecule has 14 heteroatoms. The van der Waals surface area contributed by atoms with Gasteiger partial charge in [-0.3, -0.25) is 19.1 Å². The number of hydrogen-bond donors (Lipinski definition) is 3. The van der Waals surface area contributed by atoms with Crippen LogP contribution >= 0.6 is 0 Å². The van der Waals surface area contributed by atoms with E-state index < -0.39 is 42.7 Å². The van der Waals surface area contributed by atoms with Crippen LogP contribution in [0.5, 0.6) is 0 Å². The summed E-state index contributed by atoms with van der Waals surface area (Å²) in [7, 11) is 0. The predicted molar refractivity (Wildman–Crippen MR) is 154 cm³/mol. The largest absolute Gasteiger partial charge is 0.481 e. The van der Waals surface area contributed by atoms with Gasteiger partial charge in [-0.25, -0.2) is 4.39 Å². The Morgan fingerprint density at radius 1 is 0.932 bits per heavy atom. The maximum Gasteiger partial charge on any atom is 0.408 e. The number of aromatic nitrogens is 2. The van der Waals surface area contributed by atoms with E-state index in [4.69, 9.17) is 4.74 Å². The molecule has 0 spiro atoms. The predicted octanol–water partition coefficient (Wildman–Crippen LogP) is 5.10. The van der Waals surface area contributed by atoms with Crippen molar-refractivity contribution in [1.82, 2.24) is 9.78 Å². The Bertz CT molecular complexity index is 1710. The van der Waals surface area contributed by atoms with E-state index in [0.29, 0.717) is 38.4 Å². The highest BCUT2D eigenvalue weighted by atomic mass is 19.4. The van der Waals surface area contributed by atoms with E-state index in [1.807, 2.05) is 4.90 Å². The molecule has 5 rings (SSSR count). The zero-order valence-electron chi connectivity index (χ0n) is 23.2. The number of carboxylic acids is 1. The molecule has 2 amide bonds. The van der Waals surface area contributed by atoms with Crippen LogP contribution in [0.15, 0.2) is 60.7 Å². The molecule has 0 atom stereocenters. The van der Waals surface area contributed by atoms with Gasteiger partial charge in [-0.2, -0.15) is 18.3 Å². The van der Waals surface area contributed by atoms with Gasteiger partial charge in [-0.15, -0.1) is 0 Å². The molecular formula is C30H27F4N5O5. The Hall–Kier alpha value is -4.98. The Labute approximate surface area is 248 Å². The summed E-state index contributed by atoms with van der Waals surface area (Å²) in [5.74, 6) is -3.33. The fourth-order valence-corrected chi connectivity index (χ4v) is 5.00. The minimum Gasteiger partial charge on any atom is -0.481 e. The molecular weight excluding hydrogens is 586 g/mol. The van der Waals surface area contributed by atoms with Crippen LogP contribution < -0.4 is 15.5 Å². The average Bonchev–Trinajstić information content (AvgIpc) is 3.12. The lowest BCUT2D eigenvalue weighted by Crippen LogP contribution is -2.28. The van der Waals surface area contributed by atoms with Crippen LogP contribution in [0.25, 0.3) is 10.9 Å². The maximum atomic E-state index is 13.8. The number of halogens is 4. The molecule has 3 aromatic carbocycles. The van der Waals surface area contributed by atoms with E-state index in [1.165, 1.54) is 30.3 Å². The second-order valence-corrected chi connectivity index (χ2v) is 10.1. The maximum absolute atomic E-state index is 13.8. The number of nitrogens with zero attached hydrogens (tertiary/aromatic N) is 3. The van der Waals surface area contributed by atoms with Crippen LogP contribution in [-0.4, -0.2) is 65.2 Å². The van der Waals surface area contributed by atoms with Gasteiger partial charge in [-0.1, -0.05) is 18.2 Å². The highest BCUT2D eigenvalue weighted by Gasteiger charge is 2.31. The van der Waals surface area contributed by atoms with Crippen molar-refractivity contribution in [2.24, 2.45) is 0 Å². The van der Waals surface area contributed by atoms with Crippen LogP contribution in [0.4, 0.5) is 34.6 Å². The lowest BCUT2D eigenvalue weighted by Gasteiger charge is -2.25. The van der Waals surface area contributed by atoms with Gasteiger partial charge < -0.3 is 25.4 Å². The molecule has 0 saturated carbocycles. The van der Waals surface area contributed by atoms with Gasteiger partial charge in [0.2, 0.25) is 0 Å². The fraction of sp³-hybridized carbons (Fsp3) is 0.267. The first kappa shape index (κ1) is 30.5. The third-order valence-corrected chi connectivity index (χ3v) is 6.93. The van der Waals surface area contributed by atoms with Crippen molar-refractivity contribution in [3.63, 3.8) is 0 Å². The molecule has 0 aliphatic carbocycles. The first-order chi connectivity index (χ1) is 21.0. The van der Waals surface area contributed by atoms with Crippen LogP contribution in [0.2, 0.25) is 0 Å². The number of hydrogen-bond acceptors (Lipinski definition) is 6. The summed E-state index contributed by atoms with van der Waals surface area (Å²) in [6.07, 6.45) is -4.40. The molecule has 1 fully saturated rings. The summed E-state index contributed by atoms with van der Waals surface area (Å²) in [5, 5.41) is 18.7. The van der Waals surface area contributed by atoms with Gasteiger partial charge in [0.05, 0.1) is 29.9 Å². The number of para-hydroxylation sites is 1. The number of amides is 2. The third kappa shape index (κ3) is 7.14. The van der Waals surface area contributed by atoms with Gasteiger partial charge in [0.15, 0.2) is 5.69 Å². The average molecular weight is 614 g/mol. The van der Waals surface area contributed by atoms with Crippen molar-refractivity contribution < 1.29 is 41.8 Å². The van der Waals surface area contributed by atoms with Crippen LogP contribution in [0.1, 0.15) is 32.8 Å². The smallest absolute Gasteiger partial charge is 0.408 e. The van der Waals surface area contributed by atoms with E-state index >= 15 is 0 Å². The van der Waals surface area contributed by atoms with Crippen LogP contribution in [0.3, 0.4) is 0 Å². The highest BCUT2D eigenvalue weighted by Crippen LogP contribution is 2.31. The number of carboxylic acid groups (broad SMARTS) is 1. The molecule has 2 heterocycles. The molecule has 0 unspecified atom stereocenters. The number of aliphatic carboxylic acids is 1. The van der Waals surface area contributed by atoms with Crippen molar-refractivity contribution in [3.05, 3.63) is 83.3 Å². The minimum atomic E-state index is -4.57. The minimum absolute atomic E-state index is 0.0573. The van der Waals surface area contributed by atoms with Crippen molar-refractivity contribution in [2.45, 2.75) is 25.6 Å². The van der Waals surface area contributed by atoms with Crippen molar-refractivity contribution in [1.29, 1.82) is 0 Å². The number of benzene rings is 3. The molecule has 10 nitrogen and oxygen atoms in total. The third-order valence-electron chi connectivity index (χ3n) is 6.93. The highest BCUT2D eigenvalue weighted by molar-refractivity contribution is 6.13.